The Morgan fingerprint density at radius 2 is 1.76 bits per heavy atom. The van der Waals surface area contributed by atoms with Gasteiger partial charge in [0.15, 0.2) is 18.1 Å². The number of ether oxygens (including phenoxy) is 3. The van der Waals surface area contributed by atoms with E-state index in [1.54, 1.807) is 31.3 Å². The first-order valence-corrected chi connectivity index (χ1v) is 11.7. The normalized spacial score (nSPS) is 11.0. The number of halogens is 1. The summed E-state index contributed by atoms with van der Waals surface area (Å²) in [4.78, 5) is 19.1. The largest absolute Gasteiger partial charge is 0.493 e. The summed E-state index contributed by atoms with van der Waals surface area (Å²) in [6.07, 6.45) is 0. The number of amides is 1. The predicted octanol–water partition coefficient (Wildman–Crippen LogP) is 5.26. The SMILES string of the molecule is COc1ccc(-c2noc(CN(C(=O)COc3cc(C)c(Br)c(C)c3C)C(C)C)n2)cc1OC. The molecule has 1 heterocycles. The zero-order chi connectivity index (χ0) is 25.0. The molecular weight excluding hydrogens is 502 g/mol. The van der Waals surface area contributed by atoms with Crippen LogP contribution in [0.5, 0.6) is 17.2 Å². The molecule has 0 fully saturated rings. The van der Waals surface area contributed by atoms with Crippen molar-refractivity contribution in [3.05, 3.63) is 51.3 Å². The number of nitrogens with zero attached hydrogens (tertiary/aromatic N) is 3. The predicted molar refractivity (Wildman–Crippen MR) is 132 cm³/mol. The minimum atomic E-state index is -0.168. The Morgan fingerprint density at radius 1 is 1.06 bits per heavy atom. The summed E-state index contributed by atoms with van der Waals surface area (Å²) in [6, 6.07) is 7.23. The highest BCUT2D eigenvalue weighted by Crippen LogP contribution is 2.32. The number of carbonyl (C=O) groups excluding carboxylic acids is 1. The molecule has 0 bridgehead atoms. The third-order valence-electron chi connectivity index (χ3n) is 5.67. The highest BCUT2D eigenvalue weighted by atomic mass is 79.9. The molecule has 0 aliphatic heterocycles. The van der Waals surface area contributed by atoms with Crippen LogP contribution in [0.1, 0.15) is 36.4 Å². The molecule has 0 spiro atoms. The van der Waals surface area contributed by atoms with Crippen molar-refractivity contribution < 1.29 is 23.5 Å². The topological polar surface area (TPSA) is 86.9 Å². The molecule has 8 nitrogen and oxygen atoms in total. The molecule has 0 radical (unpaired) electrons. The van der Waals surface area contributed by atoms with Crippen LogP contribution in [0.3, 0.4) is 0 Å². The Kier molecular flexibility index (Phi) is 8.19. The second kappa shape index (κ2) is 10.9. The number of rotatable bonds is 9. The summed E-state index contributed by atoms with van der Waals surface area (Å²) in [5.74, 6) is 2.44. The molecule has 0 N–H and O–H groups in total. The minimum Gasteiger partial charge on any atom is -0.493 e. The van der Waals surface area contributed by atoms with Crippen LogP contribution in [0.15, 0.2) is 33.3 Å². The van der Waals surface area contributed by atoms with Gasteiger partial charge in [-0.15, -0.1) is 0 Å². The van der Waals surface area contributed by atoms with Gasteiger partial charge in [0.05, 0.1) is 14.2 Å². The van der Waals surface area contributed by atoms with E-state index in [0.717, 1.165) is 26.7 Å². The number of carbonyl (C=O) groups is 1. The average Bonchev–Trinajstić information content (AvgIpc) is 3.30. The van der Waals surface area contributed by atoms with Crippen molar-refractivity contribution in [1.29, 1.82) is 0 Å². The molecule has 0 atom stereocenters. The summed E-state index contributed by atoms with van der Waals surface area (Å²) >= 11 is 3.59. The van der Waals surface area contributed by atoms with Crippen LogP contribution in [-0.4, -0.2) is 47.8 Å². The van der Waals surface area contributed by atoms with Crippen LogP contribution in [0, 0.1) is 20.8 Å². The smallest absolute Gasteiger partial charge is 0.261 e. The first kappa shape index (κ1) is 25.6. The fourth-order valence-electron chi connectivity index (χ4n) is 3.50. The summed E-state index contributed by atoms with van der Waals surface area (Å²) in [6.45, 7) is 9.96. The van der Waals surface area contributed by atoms with E-state index in [2.05, 4.69) is 26.1 Å². The first-order chi connectivity index (χ1) is 16.2. The lowest BCUT2D eigenvalue weighted by atomic mass is 10.1. The van der Waals surface area contributed by atoms with Crippen molar-refractivity contribution in [2.45, 2.75) is 47.2 Å². The van der Waals surface area contributed by atoms with Gasteiger partial charge in [0.25, 0.3) is 5.91 Å². The number of aryl methyl sites for hydroxylation is 1. The lowest BCUT2D eigenvalue weighted by molar-refractivity contribution is -0.136. The van der Waals surface area contributed by atoms with Crippen LogP contribution < -0.4 is 14.2 Å². The first-order valence-electron chi connectivity index (χ1n) is 10.9. The summed E-state index contributed by atoms with van der Waals surface area (Å²) in [7, 11) is 3.14. The quantitative estimate of drug-likeness (QED) is 0.372. The van der Waals surface area contributed by atoms with Crippen molar-refractivity contribution in [3.8, 4) is 28.6 Å². The standard InChI is InChI=1S/C25H30BrN3O5/c1-14(2)29(23(30)13-33-20-10-15(3)24(26)17(5)16(20)4)12-22-27-25(28-34-22)18-8-9-19(31-6)21(11-18)32-7/h8-11,14H,12-13H2,1-7H3. The monoisotopic (exact) mass is 531 g/mol. The van der Waals surface area contributed by atoms with E-state index in [1.165, 1.54) is 0 Å². The molecular formula is C25H30BrN3O5. The fourth-order valence-corrected chi connectivity index (χ4v) is 3.91. The Bertz CT molecular complexity index is 1180. The second-order valence-corrected chi connectivity index (χ2v) is 9.03. The molecule has 9 heteroatoms. The van der Waals surface area contributed by atoms with Gasteiger partial charge in [0.2, 0.25) is 11.7 Å². The van der Waals surface area contributed by atoms with Gasteiger partial charge in [-0.05, 0) is 75.6 Å². The molecule has 0 aliphatic rings. The summed E-state index contributed by atoms with van der Waals surface area (Å²) < 4.78 is 23.0. The van der Waals surface area contributed by atoms with Crippen molar-refractivity contribution in [1.82, 2.24) is 15.0 Å². The molecule has 0 saturated heterocycles. The molecule has 0 aliphatic carbocycles. The van der Waals surface area contributed by atoms with Gasteiger partial charge in [0, 0.05) is 16.1 Å². The van der Waals surface area contributed by atoms with Crippen molar-refractivity contribution in [2.75, 3.05) is 20.8 Å². The van der Waals surface area contributed by atoms with E-state index in [4.69, 9.17) is 18.7 Å². The van der Waals surface area contributed by atoms with Crippen LogP contribution in [0.2, 0.25) is 0 Å². The van der Waals surface area contributed by atoms with E-state index < -0.39 is 0 Å². The van der Waals surface area contributed by atoms with Gasteiger partial charge in [-0.2, -0.15) is 4.98 Å². The number of hydrogen-bond donors (Lipinski definition) is 0. The molecule has 34 heavy (non-hydrogen) atoms. The van der Waals surface area contributed by atoms with Gasteiger partial charge in [-0.1, -0.05) is 21.1 Å². The van der Waals surface area contributed by atoms with E-state index in [0.29, 0.717) is 29.0 Å². The van der Waals surface area contributed by atoms with Gasteiger partial charge in [-0.25, -0.2) is 0 Å². The Balaban J connectivity index is 1.73. The molecule has 3 aromatic rings. The van der Waals surface area contributed by atoms with Gasteiger partial charge < -0.3 is 23.6 Å². The van der Waals surface area contributed by atoms with E-state index >= 15 is 0 Å². The van der Waals surface area contributed by atoms with Gasteiger partial charge in [0.1, 0.15) is 12.3 Å². The molecule has 1 aromatic heterocycles. The van der Waals surface area contributed by atoms with E-state index in [1.807, 2.05) is 46.8 Å². The Hall–Kier alpha value is -3.07. The average molecular weight is 532 g/mol. The van der Waals surface area contributed by atoms with Crippen molar-refractivity contribution >= 4 is 21.8 Å². The summed E-state index contributed by atoms with van der Waals surface area (Å²) in [5.41, 5.74) is 3.87. The molecule has 2 aromatic carbocycles. The van der Waals surface area contributed by atoms with Crippen molar-refractivity contribution in [3.63, 3.8) is 0 Å². The van der Waals surface area contributed by atoms with Crippen molar-refractivity contribution in [2.24, 2.45) is 0 Å². The van der Waals surface area contributed by atoms with Gasteiger partial charge in [-0.3, -0.25) is 4.79 Å². The molecule has 0 unspecified atom stereocenters. The molecule has 0 saturated carbocycles. The van der Waals surface area contributed by atoms with Crippen LogP contribution in [0.4, 0.5) is 0 Å². The number of aromatic nitrogens is 2. The minimum absolute atomic E-state index is 0.0815. The lowest BCUT2D eigenvalue weighted by Crippen LogP contribution is -2.39. The molecule has 1 amide bonds. The molecule has 3 rings (SSSR count). The fraction of sp³-hybridized carbons (Fsp3) is 0.400. The Labute approximate surface area is 208 Å². The van der Waals surface area contributed by atoms with Crippen LogP contribution in [-0.2, 0) is 11.3 Å². The third-order valence-corrected chi connectivity index (χ3v) is 6.89. The lowest BCUT2D eigenvalue weighted by Gasteiger charge is -2.25. The van der Waals surface area contributed by atoms with Gasteiger partial charge >= 0.3 is 0 Å². The van der Waals surface area contributed by atoms with Crippen LogP contribution >= 0.6 is 15.9 Å². The maximum absolute atomic E-state index is 13.0. The Morgan fingerprint density at radius 3 is 2.41 bits per heavy atom. The maximum atomic E-state index is 13.0. The van der Waals surface area contributed by atoms with E-state index in [9.17, 15) is 4.79 Å². The van der Waals surface area contributed by atoms with Crippen LogP contribution in [0.25, 0.3) is 11.4 Å². The number of methoxy groups -OCH3 is 2. The molecule has 182 valence electrons. The maximum Gasteiger partial charge on any atom is 0.261 e. The zero-order valence-electron chi connectivity index (χ0n) is 20.6. The number of benzene rings is 2. The number of hydrogen-bond acceptors (Lipinski definition) is 7. The summed E-state index contributed by atoms with van der Waals surface area (Å²) in [5, 5.41) is 4.07. The second-order valence-electron chi connectivity index (χ2n) is 8.24. The van der Waals surface area contributed by atoms with E-state index in [-0.39, 0.29) is 25.1 Å². The highest BCUT2D eigenvalue weighted by molar-refractivity contribution is 9.10. The third kappa shape index (κ3) is 5.52. The highest BCUT2D eigenvalue weighted by Gasteiger charge is 2.22. The zero-order valence-corrected chi connectivity index (χ0v) is 22.1.